The number of amides is 1. The van der Waals surface area contributed by atoms with Crippen molar-refractivity contribution >= 4 is 28.2 Å². The molecule has 0 unspecified atom stereocenters. The van der Waals surface area contributed by atoms with E-state index in [0.717, 1.165) is 18.2 Å². The number of hydrogen-bond acceptors (Lipinski definition) is 4. The molecule has 3 rings (SSSR count). The van der Waals surface area contributed by atoms with Gasteiger partial charge in [-0.2, -0.15) is 0 Å². The summed E-state index contributed by atoms with van der Waals surface area (Å²) in [5.41, 5.74) is -1.51. The Morgan fingerprint density at radius 2 is 1.64 bits per heavy atom. The van der Waals surface area contributed by atoms with Gasteiger partial charge < -0.3 is 5.32 Å². The number of nitrogens with zero attached hydrogens (tertiary/aromatic N) is 1. The number of carbonyl (C=O) groups is 1. The number of rotatable bonds is 7. The van der Waals surface area contributed by atoms with Gasteiger partial charge in [-0.1, -0.05) is 13.0 Å². The molecule has 1 aromatic rings. The minimum atomic E-state index is -3.20. The maximum Gasteiger partial charge on any atom is 0.257 e. The second kappa shape index (κ2) is 10.9. The Bertz CT molecular complexity index is 907. The van der Waals surface area contributed by atoms with E-state index in [2.05, 4.69) is 5.32 Å². The number of halogens is 5. The molecular formula is C22H31ClF4N2O3S. The van der Waals surface area contributed by atoms with Crippen molar-refractivity contribution in [2.75, 3.05) is 25.4 Å². The first kappa shape index (κ1) is 27.9. The average molecular weight is 515 g/mol. The molecular weight excluding hydrogens is 484 g/mol. The molecule has 1 N–H and O–H groups in total. The fourth-order valence-electron chi connectivity index (χ4n) is 4.87. The van der Waals surface area contributed by atoms with E-state index in [1.165, 1.54) is 0 Å². The lowest BCUT2D eigenvalue weighted by molar-refractivity contribution is -0.0842. The minimum Gasteiger partial charge on any atom is -0.350 e. The van der Waals surface area contributed by atoms with Crippen LogP contribution in [0.3, 0.4) is 0 Å². The number of hydrogen-bond donors (Lipinski definition) is 1. The van der Waals surface area contributed by atoms with Crippen LogP contribution in [-0.4, -0.2) is 61.3 Å². The number of likely N-dealkylation sites (tertiary alicyclic amines) is 1. The lowest BCUT2D eigenvalue weighted by Gasteiger charge is -2.50. The van der Waals surface area contributed by atoms with Crippen LogP contribution in [0.4, 0.5) is 17.6 Å². The van der Waals surface area contributed by atoms with Gasteiger partial charge in [0.15, 0.2) is 9.84 Å². The van der Waals surface area contributed by atoms with Crippen LogP contribution in [0, 0.1) is 11.6 Å². The number of benzene rings is 1. The summed E-state index contributed by atoms with van der Waals surface area (Å²) in [7, 11) is -3.20. The van der Waals surface area contributed by atoms with E-state index in [-0.39, 0.29) is 50.4 Å². The Labute approximate surface area is 198 Å². The van der Waals surface area contributed by atoms with Gasteiger partial charge in [0.2, 0.25) is 5.92 Å². The normalized spacial score (nSPS) is 21.2. The predicted octanol–water partition coefficient (Wildman–Crippen LogP) is 4.35. The minimum absolute atomic E-state index is 0. The van der Waals surface area contributed by atoms with Crippen LogP contribution in [0.25, 0.3) is 0 Å². The third kappa shape index (κ3) is 6.39. The van der Waals surface area contributed by atoms with Crippen molar-refractivity contribution in [1.29, 1.82) is 0 Å². The van der Waals surface area contributed by atoms with Crippen LogP contribution in [0.15, 0.2) is 18.2 Å². The number of sulfone groups is 1. The fraction of sp³-hybridized carbons (Fsp3) is 0.682. The predicted molar refractivity (Wildman–Crippen MR) is 121 cm³/mol. The Morgan fingerprint density at radius 3 is 2.15 bits per heavy atom. The summed E-state index contributed by atoms with van der Waals surface area (Å²) >= 11 is 0. The zero-order valence-electron chi connectivity index (χ0n) is 18.6. The number of alkyl halides is 2. The van der Waals surface area contributed by atoms with Crippen molar-refractivity contribution in [3.8, 4) is 0 Å². The highest BCUT2D eigenvalue weighted by Gasteiger charge is 2.48. The summed E-state index contributed by atoms with van der Waals surface area (Å²) in [5, 5.41) is 2.10. The lowest BCUT2D eigenvalue weighted by atomic mass is 9.77. The van der Waals surface area contributed by atoms with Gasteiger partial charge in [0, 0.05) is 24.9 Å². The molecule has 2 fully saturated rings. The highest BCUT2D eigenvalue weighted by molar-refractivity contribution is 7.92. The summed E-state index contributed by atoms with van der Waals surface area (Å²) in [6.07, 6.45) is 0.835. The van der Waals surface area contributed by atoms with E-state index >= 15 is 0 Å². The Kier molecular flexibility index (Phi) is 9.20. The number of piperidine rings is 1. The maximum absolute atomic E-state index is 14.0. The molecule has 2 aliphatic rings. The van der Waals surface area contributed by atoms with Gasteiger partial charge in [-0.05, 0) is 57.3 Å². The zero-order chi connectivity index (χ0) is 23.6. The zero-order valence-corrected chi connectivity index (χ0v) is 20.2. The van der Waals surface area contributed by atoms with E-state index in [0.29, 0.717) is 32.4 Å². The highest BCUT2D eigenvalue weighted by Crippen LogP contribution is 2.42. The number of carbonyl (C=O) groups excluding carboxylic acids is 1. The van der Waals surface area contributed by atoms with Crippen molar-refractivity contribution < 1.29 is 30.8 Å². The molecule has 1 aromatic carbocycles. The third-order valence-corrected chi connectivity index (χ3v) is 9.25. The Hall–Kier alpha value is -1.39. The molecule has 0 aromatic heterocycles. The van der Waals surface area contributed by atoms with Crippen molar-refractivity contribution in [2.45, 2.75) is 68.6 Å². The van der Waals surface area contributed by atoms with Gasteiger partial charge in [-0.3, -0.25) is 9.69 Å². The largest absolute Gasteiger partial charge is 0.350 e. The van der Waals surface area contributed by atoms with Gasteiger partial charge in [0.05, 0.1) is 11.0 Å². The monoisotopic (exact) mass is 514 g/mol. The van der Waals surface area contributed by atoms with Gasteiger partial charge >= 0.3 is 0 Å². The van der Waals surface area contributed by atoms with Crippen molar-refractivity contribution in [3.05, 3.63) is 35.4 Å². The average Bonchev–Trinajstić information content (AvgIpc) is 2.73. The lowest BCUT2D eigenvalue weighted by Crippen LogP contribution is -2.61. The van der Waals surface area contributed by atoms with Crippen LogP contribution in [0.5, 0.6) is 0 Å². The van der Waals surface area contributed by atoms with E-state index in [1.54, 1.807) is 0 Å². The fourth-order valence-corrected chi connectivity index (χ4v) is 6.71. The van der Waals surface area contributed by atoms with Crippen molar-refractivity contribution in [3.63, 3.8) is 0 Å². The topological polar surface area (TPSA) is 66.5 Å². The van der Waals surface area contributed by atoms with E-state index in [1.807, 2.05) is 11.8 Å². The first-order valence-electron chi connectivity index (χ1n) is 11.1. The summed E-state index contributed by atoms with van der Waals surface area (Å²) in [6, 6.07) is 3.12. The van der Waals surface area contributed by atoms with Crippen LogP contribution >= 0.6 is 12.4 Å². The van der Waals surface area contributed by atoms with Gasteiger partial charge in [0.1, 0.15) is 17.2 Å². The summed E-state index contributed by atoms with van der Waals surface area (Å²) < 4.78 is 80.6. The van der Waals surface area contributed by atoms with Crippen molar-refractivity contribution in [2.24, 2.45) is 0 Å². The Balaban J connectivity index is 0.00000385. The smallest absolute Gasteiger partial charge is 0.257 e. The molecule has 0 atom stereocenters. The van der Waals surface area contributed by atoms with Gasteiger partial charge in [-0.25, -0.2) is 26.0 Å². The molecule has 1 saturated carbocycles. The molecule has 1 aliphatic heterocycles. The SMILES string of the molecule is CCCS(=O)(=O)C1CCN(C2(CNC(=O)c3c(F)cccc3F)CCC(F)(F)CC2)CC1.Cl. The molecule has 1 amide bonds. The van der Waals surface area contributed by atoms with Crippen LogP contribution in [-0.2, 0) is 9.84 Å². The molecule has 1 aliphatic carbocycles. The number of nitrogens with one attached hydrogen (secondary N) is 1. The molecule has 33 heavy (non-hydrogen) atoms. The van der Waals surface area contributed by atoms with Gasteiger partial charge in [-0.15, -0.1) is 12.4 Å². The molecule has 11 heteroatoms. The summed E-state index contributed by atoms with van der Waals surface area (Å²) in [5.74, 6) is -5.59. The first-order valence-corrected chi connectivity index (χ1v) is 12.8. The molecule has 5 nitrogen and oxygen atoms in total. The molecule has 0 radical (unpaired) electrons. The summed E-state index contributed by atoms with van der Waals surface area (Å²) in [4.78, 5) is 14.5. The second-order valence-corrected chi connectivity index (χ2v) is 11.3. The van der Waals surface area contributed by atoms with Crippen LogP contribution in [0.2, 0.25) is 0 Å². The molecule has 0 spiro atoms. The third-order valence-electron chi connectivity index (χ3n) is 6.79. The van der Waals surface area contributed by atoms with E-state index < -0.39 is 49.7 Å². The first-order chi connectivity index (χ1) is 15.0. The maximum atomic E-state index is 14.0. The van der Waals surface area contributed by atoms with Gasteiger partial charge in [0.25, 0.3) is 5.91 Å². The van der Waals surface area contributed by atoms with E-state index in [4.69, 9.17) is 0 Å². The highest BCUT2D eigenvalue weighted by atomic mass is 35.5. The second-order valence-electron chi connectivity index (χ2n) is 8.91. The van der Waals surface area contributed by atoms with Crippen LogP contribution < -0.4 is 5.32 Å². The molecule has 0 bridgehead atoms. The quantitative estimate of drug-likeness (QED) is 0.549. The molecule has 188 valence electrons. The summed E-state index contributed by atoms with van der Waals surface area (Å²) in [6.45, 7) is 2.58. The van der Waals surface area contributed by atoms with E-state index in [9.17, 15) is 30.8 Å². The Morgan fingerprint density at radius 1 is 1.09 bits per heavy atom. The van der Waals surface area contributed by atoms with Crippen LogP contribution in [0.1, 0.15) is 62.2 Å². The van der Waals surface area contributed by atoms with Crippen molar-refractivity contribution in [1.82, 2.24) is 10.2 Å². The molecule has 1 saturated heterocycles. The standard InChI is InChI=1S/C22H30F4N2O3S.ClH/c1-2-14-32(30,31)16-6-12-28(13-7-16)21(8-10-22(25,26)11-9-21)15-27-20(29)19-17(23)4-3-5-18(19)24;/h3-5,16H,2,6-15H2,1H3,(H,27,29);1H. The molecule has 1 heterocycles.